The van der Waals surface area contributed by atoms with E-state index < -0.39 is 0 Å². The molecule has 0 aliphatic carbocycles. The summed E-state index contributed by atoms with van der Waals surface area (Å²) in [6, 6.07) is 0. The predicted molar refractivity (Wildman–Crippen MR) is 48.1 cm³/mol. The summed E-state index contributed by atoms with van der Waals surface area (Å²) in [5.74, 6) is 2.95. The summed E-state index contributed by atoms with van der Waals surface area (Å²) >= 11 is 0. The van der Waals surface area contributed by atoms with Crippen molar-refractivity contribution in [3.63, 3.8) is 0 Å². The second-order valence-electron chi connectivity index (χ2n) is 2.75. The van der Waals surface area contributed by atoms with Crippen LogP contribution in [0.5, 0.6) is 0 Å². The van der Waals surface area contributed by atoms with Crippen LogP contribution in [0.3, 0.4) is 0 Å². The van der Waals surface area contributed by atoms with Gasteiger partial charge in [0.15, 0.2) is 0 Å². The molecule has 1 atom stereocenters. The van der Waals surface area contributed by atoms with Crippen molar-refractivity contribution >= 4 is 0 Å². The van der Waals surface area contributed by atoms with E-state index in [2.05, 4.69) is 32.8 Å². The van der Waals surface area contributed by atoms with Crippen molar-refractivity contribution in [3.8, 4) is 12.0 Å². The lowest BCUT2D eigenvalue weighted by molar-refractivity contribution is 0.174. The Morgan fingerprint density at radius 1 is 1.27 bits per heavy atom. The van der Waals surface area contributed by atoms with Crippen molar-refractivity contribution in [2.45, 2.75) is 52.6 Å². The highest BCUT2D eigenvalue weighted by Crippen LogP contribution is 1.98. The molecule has 0 rings (SSSR count). The van der Waals surface area contributed by atoms with Crippen LogP contribution in [-0.4, -0.2) is 6.10 Å². The van der Waals surface area contributed by atoms with Crippen LogP contribution in [0, 0.1) is 12.0 Å². The van der Waals surface area contributed by atoms with Gasteiger partial charge < -0.3 is 4.74 Å². The smallest absolute Gasteiger partial charge is 0.110 e. The average molecular weight is 154 g/mol. The van der Waals surface area contributed by atoms with Gasteiger partial charge in [0.1, 0.15) is 12.2 Å². The van der Waals surface area contributed by atoms with Gasteiger partial charge in [-0.25, -0.2) is 0 Å². The number of hydrogen-bond donors (Lipinski definition) is 0. The molecule has 0 aromatic rings. The molecule has 0 aliphatic heterocycles. The molecule has 0 heterocycles. The molecule has 0 N–H and O–H groups in total. The Hall–Kier alpha value is -0.640. The first-order valence-corrected chi connectivity index (χ1v) is 4.44. The average Bonchev–Trinajstić information content (AvgIpc) is 1.99. The van der Waals surface area contributed by atoms with Gasteiger partial charge in [-0.15, -0.1) is 0 Å². The lowest BCUT2D eigenvalue weighted by Crippen LogP contribution is -2.02. The lowest BCUT2D eigenvalue weighted by Gasteiger charge is -2.05. The van der Waals surface area contributed by atoms with Crippen LogP contribution in [0.4, 0.5) is 0 Å². The molecule has 1 nitrogen and oxygen atoms in total. The third-order valence-corrected chi connectivity index (χ3v) is 1.40. The number of ether oxygens (including phenoxy) is 1. The molecule has 0 aromatic heterocycles. The maximum Gasteiger partial charge on any atom is 0.110 e. The lowest BCUT2D eigenvalue weighted by atomic mass is 10.2. The van der Waals surface area contributed by atoms with E-state index >= 15 is 0 Å². The van der Waals surface area contributed by atoms with Gasteiger partial charge in [-0.05, 0) is 19.8 Å². The minimum absolute atomic E-state index is 0.296. The molecule has 11 heavy (non-hydrogen) atoms. The van der Waals surface area contributed by atoms with Crippen LogP contribution in [0.15, 0.2) is 0 Å². The number of hydrogen-bond acceptors (Lipinski definition) is 1. The van der Waals surface area contributed by atoms with Gasteiger partial charge in [0.2, 0.25) is 0 Å². The van der Waals surface area contributed by atoms with Crippen molar-refractivity contribution in [2.75, 3.05) is 0 Å². The van der Waals surface area contributed by atoms with E-state index in [0.29, 0.717) is 6.10 Å². The van der Waals surface area contributed by atoms with Gasteiger partial charge in [0, 0.05) is 6.42 Å². The number of rotatable bonds is 4. The third kappa shape index (κ3) is 7.25. The Morgan fingerprint density at radius 3 is 2.55 bits per heavy atom. The monoisotopic (exact) mass is 154 g/mol. The highest BCUT2D eigenvalue weighted by atomic mass is 16.5. The van der Waals surface area contributed by atoms with Crippen LogP contribution in [0.25, 0.3) is 0 Å². The molecular weight excluding hydrogens is 136 g/mol. The van der Waals surface area contributed by atoms with Crippen LogP contribution in [0.2, 0.25) is 0 Å². The molecule has 0 saturated carbocycles. The Labute approximate surface area is 70.1 Å². The molecule has 64 valence electrons. The van der Waals surface area contributed by atoms with Gasteiger partial charge in [-0.1, -0.05) is 26.2 Å². The summed E-state index contributed by atoms with van der Waals surface area (Å²) in [5, 5.41) is 0. The predicted octanol–water partition coefficient (Wildman–Crippen LogP) is 2.95. The van der Waals surface area contributed by atoms with Gasteiger partial charge in [0.05, 0.1) is 0 Å². The van der Waals surface area contributed by atoms with Crippen molar-refractivity contribution < 1.29 is 4.74 Å². The summed E-state index contributed by atoms with van der Waals surface area (Å²) in [7, 11) is 0. The Kier molecular flexibility index (Phi) is 7.03. The zero-order valence-electron chi connectivity index (χ0n) is 7.81. The largest absolute Gasteiger partial charge is 0.444 e. The van der Waals surface area contributed by atoms with Crippen LogP contribution < -0.4 is 0 Å². The maximum absolute atomic E-state index is 5.22. The second kappa shape index (κ2) is 7.47. The van der Waals surface area contributed by atoms with E-state index in [9.17, 15) is 0 Å². The summed E-state index contributed by atoms with van der Waals surface area (Å²) in [4.78, 5) is 0. The third-order valence-electron chi connectivity index (χ3n) is 1.40. The highest BCUT2D eigenvalue weighted by molar-refractivity contribution is 4.91. The first-order valence-electron chi connectivity index (χ1n) is 4.44. The van der Waals surface area contributed by atoms with E-state index in [1.54, 1.807) is 0 Å². The SMILES string of the molecule is CCCC#COC(C)CCC. The molecule has 1 unspecified atom stereocenters. The molecule has 0 amide bonds. The Morgan fingerprint density at radius 2 is 2.00 bits per heavy atom. The highest BCUT2D eigenvalue weighted by Gasteiger charge is 1.95. The fourth-order valence-electron chi connectivity index (χ4n) is 0.784. The molecule has 0 radical (unpaired) electrons. The van der Waals surface area contributed by atoms with Gasteiger partial charge in [0.25, 0.3) is 0 Å². The van der Waals surface area contributed by atoms with E-state index in [1.165, 1.54) is 0 Å². The van der Waals surface area contributed by atoms with Crippen molar-refractivity contribution in [1.29, 1.82) is 0 Å². The van der Waals surface area contributed by atoms with Crippen LogP contribution in [-0.2, 0) is 4.74 Å². The maximum atomic E-state index is 5.22. The van der Waals surface area contributed by atoms with Gasteiger partial charge in [-0.3, -0.25) is 0 Å². The standard InChI is InChI=1S/C10H18O/c1-4-6-7-9-11-10(3)8-5-2/h10H,4-6,8H2,1-3H3. The quantitative estimate of drug-likeness (QED) is 0.566. The van der Waals surface area contributed by atoms with Crippen molar-refractivity contribution in [3.05, 3.63) is 0 Å². The Balaban J connectivity index is 3.30. The molecule has 1 heteroatoms. The van der Waals surface area contributed by atoms with E-state index in [1.807, 2.05) is 0 Å². The normalized spacial score (nSPS) is 11.5. The van der Waals surface area contributed by atoms with E-state index in [-0.39, 0.29) is 0 Å². The van der Waals surface area contributed by atoms with Crippen molar-refractivity contribution in [1.82, 2.24) is 0 Å². The van der Waals surface area contributed by atoms with E-state index in [0.717, 1.165) is 25.7 Å². The topological polar surface area (TPSA) is 9.23 Å². The zero-order chi connectivity index (χ0) is 8.53. The summed E-state index contributed by atoms with van der Waals surface area (Å²) in [5.41, 5.74) is 0. The first kappa shape index (κ1) is 10.4. The van der Waals surface area contributed by atoms with Gasteiger partial charge in [-0.2, -0.15) is 0 Å². The molecule has 0 saturated heterocycles. The number of unbranched alkanes of at least 4 members (excludes halogenated alkanes) is 1. The summed E-state index contributed by atoms with van der Waals surface area (Å²) in [6.07, 6.45) is 7.33. The minimum atomic E-state index is 0.296. The van der Waals surface area contributed by atoms with Crippen molar-refractivity contribution in [2.24, 2.45) is 0 Å². The molecular formula is C10H18O. The molecule has 0 aromatic carbocycles. The van der Waals surface area contributed by atoms with Crippen LogP contribution >= 0.6 is 0 Å². The van der Waals surface area contributed by atoms with E-state index in [4.69, 9.17) is 4.74 Å². The van der Waals surface area contributed by atoms with Crippen LogP contribution in [0.1, 0.15) is 46.5 Å². The molecule has 0 fully saturated rings. The van der Waals surface area contributed by atoms with Gasteiger partial charge >= 0.3 is 0 Å². The fraction of sp³-hybridized carbons (Fsp3) is 0.800. The first-order chi connectivity index (χ1) is 5.31. The molecule has 0 spiro atoms. The minimum Gasteiger partial charge on any atom is -0.444 e. The zero-order valence-corrected chi connectivity index (χ0v) is 7.81. The molecule has 0 aliphatic rings. The second-order valence-corrected chi connectivity index (χ2v) is 2.75. The molecule has 0 bridgehead atoms. The Bertz CT molecular complexity index is 130. The summed E-state index contributed by atoms with van der Waals surface area (Å²) < 4.78 is 5.22. The fourth-order valence-corrected chi connectivity index (χ4v) is 0.784. The summed E-state index contributed by atoms with van der Waals surface area (Å²) in [6.45, 7) is 6.33.